The quantitative estimate of drug-likeness (QED) is 0.0188. The van der Waals surface area contributed by atoms with Gasteiger partial charge >= 0.3 is 19.8 Å². The Morgan fingerprint density at radius 3 is 1.62 bits per heavy atom. The van der Waals surface area contributed by atoms with E-state index in [0.29, 0.717) is 11.1 Å². The second kappa shape index (κ2) is 20.0. The monoisotopic (exact) mass is 748 g/mol. The first-order valence-electron chi connectivity index (χ1n) is 16.1. The van der Waals surface area contributed by atoms with Gasteiger partial charge in [-0.15, -0.1) is 0 Å². The van der Waals surface area contributed by atoms with Crippen molar-refractivity contribution in [1.82, 2.24) is 10.4 Å². The van der Waals surface area contributed by atoms with Crippen LogP contribution < -0.4 is 16.1 Å². The number of nitro groups is 2. The van der Waals surface area contributed by atoms with E-state index < -0.39 is 35.7 Å². The zero-order valence-corrected chi connectivity index (χ0v) is 29.2. The second-order valence-electron chi connectivity index (χ2n) is 11.3. The average Bonchev–Trinajstić information content (AvgIpc) is 3.17. The number of non-ortho nitro benzene ring substituents is 2. The van der Waals surface area contributed by atoms with Crippen molar-refractivity contribution in [3.8, 4) is 0 Å². The molecule has 0 heterocycles. The molecule has 1 amide bonds. The molecule has 278 valence electrons. The van der Waals surface area contributed by atoms with Gasteiger partial charge in [-0.05, 0) is 59.4 Å². The molecule has 17 nitrogen and oxygen atoms in total. The Labute approximate surface area is 304 Å². The van der Waals surface area contributed by atoms with Gasteiger partial charge in [0.15, 0.2) is 5.96 Å². The number of carbonyl (C=O) groups is 2. The van der Waals surface area contributed by atoms with Gasteiger partial charge in [-0.3, -0.25) is 39.4 Å². The van der Waals surface area contributed by atoms with Gasteiger partial charge in [-0.1, -0.05) is 60.7 Å². The standard InChI is InChI=1S/C35H37N6O11P/c36-34(39-53(48,51-24-28-13-17-30(18-14-28)40(44)45)52-25-29-15-19-31(20-16-29)41(46)47)37-21-7-12-32(33(42)49-22-26-8-3-1-4-9-26)38-35(43)50-23-27-10-5-2-6-11-27/h1-6,8-11,13-20,32H,7,12,21-25H2,(H,38,43)(H3,36,37,39,48)/t32-/m0/s1. The van der Waals surface area contributed by atoms with Gasteiger partial charge < -0.3 is 20.5 Å². The largest absolute Gasteiger partial charge is 0.459 e. The molecular formula is C35H37N6O11P. The summed E-state index contributed by atoms with van der Waals surface area (Å²) in [7, 11) is -4.26. The molecule has 18 heteroatoms. The zero-order chi connectivity index (χ0) is 38.1. The van der Waals surface area contributed by atoms with Crippen LogP contribution in [0.1, 0.15) is 35.1 Å². The number of alkyl carbamates (subject to hydrolysis) is 1. The van der Waals surface area contributed by atoms with Crippen molar-refractivity contribution < 1.29 is 42.5 Å². The second-order valence-corrected chi connectivity index (χ2v) is 13.0. The lowest BCUT2D eigenvalue weighted by atomic mass is 10.1. The van der Waals surface area contributed by atoms with E-state index in [0.717, 1.165) is 11.1 Å². The predicted octanol–water partition coefficient (Wildman–Crippen LogP) is 6.07. The Kier molecular flexibility index (Phi) is 15.0. The lowest BCUT2D eigenvalue weighted by Gasteiger charge is -2.20. The van der Waals surface area contributed by atoms with E-state index in [2.05, 4.69) is 15.4 Å². The first-order chi connectivity index (χ1) is 25.5. The molecule has 0 saturated carbocycles. The maximum absolute atomic E-state index is 13.8. The molecule has 4 aromatic carbocycles. The number of hydrogen-bond acceptors (Lipinski definition) is 12. The Morgan fingerprint density at radius 1 is 0.698 bits per heavy atom. The lowest BCUT2D eigenvalue weighted by molar-refractivity contribution is -0.385. The van der Waals surface area contributed by atoms with Crippen LogP contribution in [0.2, 0.25) is 0 Å². The van der Waals surface area contributed by atoms with E-state index in [1.54, 1.807) is 48.5 Å². The summed E-state index contributed by atoms with van der Waals surface area (Å²) in [5.74, 6) is -1.02. The Morgan fingerprint density at radius 2 is 1.15 bits per heavy atom. The first kappa shape index (κ1) is 39.6. The zero-order valence-electron chi connectivity index (χ0n) is 28.3. The number of nitrogens with zero attached hydrogens (tertiary/aromatic N) is 3. The number of nitrogens with one attached hydrogen (secondary N) is 2. The maximum atomic E-state index is 13.8. The molecule has 0 bridgehead atoms. The van der Waals surface area contributed by atoms with E-state index in [4.69, 9.17) is 24.3 Å². The van der Waals surface area contributed by atoms with Crippen molar-refractivity contribution in [1.29, 1.82) is 0 Å². The number of carbonyl (C=O) groups excluding carboxylic acids is 2. The van der Waals surface area contributed by atoms with Crippen molar-refractivity contribution >= 4 is 37.1 Å². The van der Waals surface area contributed by atoms with Crippen LogP contribution in [-0.2, 0) is 54.3 Å². The third kappa shape index (κ3) is 13.8. The van der Waals surface area contributed by atoms with E-state index >= 15 is 0 Å². The fourth-order valence-corrected chi connectivity index (χ4v) is 5.70. The molecule has 4 N–H and O–H groups in total. The number of aliphatic imine (C=N–C) groups is 1. The summed E-state index contributed by atoms with van der Waals surface area (Å²) in [5, 5.41) is 27.0. The van der Waals surface area contributed by atoms with Crippen LogP contribution in [0, 0.1) is 20.2 Å². The summed E-state index contributed by atoms with van der Waals surface area (Å²) in [6.07, 6.45) is -0.531. The minimum Gasteiger partial charge on any atom is -0.459 e. The number of esters is 1. The van der Waals surface area contributed by atoms with E-state index in [9.17, 15) is 34.4 Å². The fraction of sp³-hybridized carbons (Fsp3) is 0.229. The summed E-state index contributed by atoms with van der Waals surface area (Å²) in [6, 6.07) is 27.6. The van der Waals surface area contributed by atoms with Crippen LogP contribution in [0.3, 0.4) is 0 Å². The molecule has 0 aliphatic carbocycles. The molecule has 53 heavy (non-hydrogen) atoms. The molecule has 4 rings (SSSR count). The van der Waals surface area contributed by atoms with Crippen LogP contribution in [0.25, 0.3) is 0 Å². The molecule has 1 atom stereocenters. The summed E-state index contributed by atoms with van der Waals surface area (Å²) in [5.41, 5.74) is 8.14. The third-order valence-corrected chi connectivity index (χ3v) is 8.74. The van der Waals surface area contributed by atoms with Gasteiger partial charge in [0.05, 0.1) is 23.1 Å². The van der Waals surface area contributed by atoms with Crippen molar-refractivity contribution in [3.05, 3.63) is 152 Å². The molecule has 0 spiro atoms. The van der Waals surface area contributed by atoms with Gasteiger partial charge in [-0.25, -0.2) is 14.2 Å². The van der Waals surface area contributed by atoms with E-state index in [1.165, 1.54) is 48.5 Å². The number of hydrogen-bond donors (Lipinski definition) is 3. The van der Waals surface area contributed by atoms with Gasteiger partial charge in [0.25, 0.3) is 11.4 Å². The molecule has 0 aliphatic rings. The molecule has 0 saturated heterocycles. The topological polar surface area (TPSA) is 237 Å². The number of rotatable bonds is 19. The number of nitro benzene ring substituents is 2. The van der Waals surface area contributed by atoms with Gasteiger partial charge in [0.2, 0.25) is 0 Å². The highest BCUT2D eigenvalue weighted by Gasteiger charge is 2.27. The van der Waals surface area contributed by atoms with Crippen LogP contribution in [-0.4, -0.2) is 40.5 Å². The van der Waals surface area contributed by atoms with Gasteiger partial charge in [0.1, 0.15) is 19.3 Å². The summed E-state index contributed by atoms with van der Waals surface area (Å²) >= 11 is 0. The van der Waals surface area contributed by atoms with Crippen molar-refractivity contribution in [3.63, 3.8) is 0 Å². The van der Waals surface area contributed by atoms with Crippen LogP contribution in [0.15, 0.2) is 114 Å². The molecule has 0 unspecified atom stereocenters. The number of guanidine groups is 1. The highest BCUT2D eigenvalue weighted by Crippen LogP contribution is 2.45. The maximum Gasteiger partial charge on any atom is 0.435 e. The van der Waals surface area contributed by atoms with Crippen LogP contribution >= 0.6 is 7.75 Å². The van der Waals surface area contributed by atoms with E-state index in [-0.39, 0.29) is 63.1 Å². The van der Waals surface area contributed by atoms with Crippen molar-refractivity contribution in [2.45, 2.75) is 45.3 Å². The van der Waals surface area contributed by atoms with Crippen molar-refractivity contribution in [2.75, 3.05) is 6.54 Å². The molecule has 0 radical (unpaired) electrons. The normalized spacial score (nSPS) is 12.0. The molecular weight excluding hydrogens is 711 g/mol. The number of nitrogens with two attached hydrogens (primary N) is 1. The molecule has 0 aliphatic heterocycles. The molecule has 0 fully saturated rings. The SMILES string of the molecule is NC(=NCCC[C@H](NC(=O)OCc1ccccc1)C(=O)OCc1ccccc1)NP(=O)(OCc1ccc([N+](=O)[O-])cc1)OCc1ccc([N+](=O)[O-])cc1. The number of benzene rings is 4. The minimum atomic E-state index is -4.26. The average molecular weight is 749 g/mol. The summed E-state index contributed by atoms with van der Waals surface area (Å²) in [4.78, 5) is 50.7. The highest BCUT2D eigenvalue weighted by atomic mass is 31.2. The van der Waals surface area contributed by atoms with Crippen LogP contribution in [0.4, 0.5) is 16.2 Å². The van der Waals surface area contributed by atoms with Gasteiger partial charge in [0, 0.05) is 30.8 Å². The highest BCUT2D eigenvalue weighted by molar-refractivity contribution is 7.52. The smallest absolute Gasteiger partial charge is 0.435 e. The van der Waals surface area contributed by atoms with Crippen LogP contribution in [0.5, 0.6) is 0 Å². The molecule has 4 aromatic rings. The molecule has 0 aromatic heterocycles. The number of amides is 1. The Hall–Kier alpha value is -6.16. The fourth-order valence-electron chi connectivity index (χ4n) is 4.50. The lowest BCUT2D eigenvalue weighted by Crippen LogP contribution is -2.42. The first-order valence-corrected chi connectivity index (χ1v) is 17.7. The van der Waals surface area contributed by atoms with Crippen molar-refractivity contribution in [2.24, 2.45) is 10.7 Å². The summed E-state index contributed by atoms with van der Waals surface area (Å²) in [6.45, 7) is -0.611. The summed E-state index contributed by atoms with van der Waals surface area (Å²) < 4.78 is 35.6. The minimum absolute atomic E-state index is 0.00669. The van der Waals surface area contributed by atoms with Gasteiger partial charge in [-0.2, -0.15) is 0 Å². The van der Waals surface area contributed by atoms with E-state index in [1.807, 2.05) is 12.1 Å². The number of ether oxygens (including phenoxy) is 2. The Bertz CT molecular complexity index is 1830. The Balaban J connectivity index is 1.38. The predicted molar refractivity (Wildman–Crippen MR) is 192 cm³/mol. The third-order valence-electron chi connectivity index (χ3n) is 7.29.